The van der Waals surface area contributed by atoms with Crippen molar-refractivity contribution in [2.75, 3.05) is 11.9 Å². The van der Waals surface area contributed by atoms with Crippen molar-refractivity contribution in [3.05, 3.63) is 47.1 Å². The monoisotopic (exact) mass is 333 g/mol. The Morgan fingerprint density at radius 3 is 2.78 bits per heavy atom. The van der Waals surface area contributed by atoms with Gasteiger partial charge in [0.2, 0.25) is 0 Å². The number of hydrogen-bond acceptors (Lipinski definition) is 6. The summed E-state index contributed by atoms with van der Waals surface area (Å²) in [5.41, 5.74) is 6.71. The summed E-state index contributed by atoms with van der Waals surface area (Å²) in [5, 5.41) is 4.08. The van der Waals surface area contributed by atoms with Crippen LogP contribution >= 0.6 is 11.3 Å². The first-order valence-electron chi connectivity index (χ1n) is 7.55. The van der Waals surface area contributed by atoms with E-state index in [2.05, 4.69) is 20.3 Å². The molecular weight excluding hydrogens is 313 g/mol. The first-order chi connectivity index (χ1) is 11.3. The maximum atomic E-state index is 13.6. The van der Waals surface area contributed by atoms with Gasteiger partial charge in [-0.2, -0.15) is 0 Å². The third-order valence-corrected chi connectivity index (χ3v) is 4.05. The molecule has 3 heterocycles. The number of halogens is 1. The molecule has 0 saturated carbocycles. The van der Waals surface area contributed by atoms with Gasteiger partial charge in [0, 0.05) is 18.8 Å². The van der Waals surface area contributed by atoms with Crippen molar-refractivity contribution < 1.29 is 4.39 Å². The van der Waals surface area contributed by atoms with Crippen molar-refractivity contribution in [1.29, 1.82) is 0 Å². The third kappa shape index (κ3) is 4.20. The standard InChI is InChI=1S/C14H14FN5S.C2H6/c15-9-2-1-6-17-10(9)8-19-14-13-11(4-7-18-14)21-12(20-13)3-5-16;1-2/h1-2,4,6-7H,3,5,8,16H2,(H,18,19);1-2H3. The van der Waals surface area contributed by atoms with Gasteiger partial charge in [0.25, 0.3) is 0 Å². The minimum absolute atomic E-state index is 0.266. The Balaban J connectivity index is 0.000000924. The van der Waals surface area contributed by atoms with Crippen molar-refractivity contribution >= 4 is 27.4 Å². The van der Waals surface area contributed by atoms with Gasteiger partial charge in [-0.25, -0.2) is 14.4 Å². The van der Waals surface area contributed by atoms with E-state index in [9.17, 15) is 4.39 Å². The summed E-state index contributed by atoms with van der Waals surface area (Å²) in [5.74, 6) is 0.302. The molecule has 0 radical (unpaired) electrons. The zero-order valence-electron chi connectivity index (χ0n) is 13.2. The number of anilines is 1. The van der Waals surface area contributed by atoms with Crippen molar-refractivity contribution in [3.63, 3.8) is 0 Å². The van der Waals surface area contributed by atoms with Gasteiger partial charge in [-0.1, -0.05) is 13.8 Å². The van der Waals surface area contributed by atoms with Crippen molar-refractivity contribution in [1.82, 2.24) is 15.0 Å². The molecule has 23 heavy (non-hydrogen) atoms. The third-order valence-electron chi connectivity index (χ3n) is 2.97. The molecule has 3 rings (SSSR count). The van der Waals surface area contributed by atoms with Crippen LogP contribution in [0.3, 0.4) is 0 Å². The van der Waals surface area contributed by atoms with Gasteiger partial charge in [0.05, 0.1) is 21.9 Å². The van der Waals surface area contributed by atoms with E-state index in [-0.39, 0.29) is 12.4 Å². The Morgan fingerprint density at radius 2 is 2.04 bits per heavy atom. The molecule has 0 fully saturated rings. The largest absolute Gasteiger partial charge is 0.362 e. The minimum atomic E-state index is -0.334. The number of hydrogen-bond donors (Lipinski definition) is 2. The van der Waals surface area contributed by atoms with Crippen LogP contribution in [0.4, 0.5) is 10.2 Å². The molecule has 122 valence electrons. The Labute approximate surface area is 138 Å². The van der Waals surface area contributed by atoms with E-state index in [4.69, 9.17) is 5.73 Å². The fraction of sp³-hybridized carbons (Fsp3) is 0.312. The molecule has 5 nitrogen and oxygen atoms in total. The number of nitrogens with two attached hydrogens (primary N) is 1. The van der Waals surface area contributed by atoms with Crippen LogP contribution in [-0.2, 0) is 13.0 Å². The minimum Gasteiger partial charge on any atom is -0.362 e. The number of pyridine rings is 2. The second-order valence-electron chi connectivity index (χ2n) is 4.44. The molecule has 0 aliphatic carbocycles. The summed E-state index contributed by atoms with van der Waals surface area (Å²) in [7, 11) is 0. The van der Waals surface area contributed by atoms with E-state index in [1.165, 1.54) is 6.07 Å². The van der Waals surface area contributed by atoms with E-state index in [1.54, 1.807) is 29.8 Å². The summed E-state index contributed by atoms with van der Waals surface area (Å²) < 4.78 is 14.6. The van der Waals surface area contributed by atoms with Crippen LogP contribution in [0.15, 0.2) is 30.6 Å². The second-order valence-corrected chi connectivity index (χ2v) is 5.55. The number of rotatable bonds is 5. The fourth-order valence-corrected chi connectivity index (χ4v) is 2.96. The van der Waals surface area contributed by atoms with Crippen molar-refractivity contribution in [2.45, 2.75) is 26.8 Å². The van der Waals surface area contributed by atoms with E-state index in [0.717, 1.165) is 21.6 Å². The van der Waals surface area contributed by atoms with Gasteiger partial charge >= 0.3 is 0 Å². The number of thiazole rings is 1. The summed E-state index contributed by atoms with van der Waals surface area (Å²) in [4.78, 5) is 12.8. The van der Waals surface area contributed by atoms with Gasteiger partial charge in [0.1, 0.15) is 11.3 Å². The highest BCUT2D eigenvalue weighted by molar-refractivity contribution is 7.18. The molecule has 0 amide bonds. The lowest BCUT2D eigenvalue weighted by molar-refractivity contribution is 0.602. The van der Waals surface area contributed by atoms with E-state index < -0.39 is 0 Å². The molecule has 0 atom stereocenters. The smallest absolute Gasteiger partial charge is 0.153 e. The van der Waals surface area contributed by atoms with Crippen LogP contribution in [0.1, 0.15) is 24.5 Å². The molecule has 0 aliphatic heterocycles. The van der Waals surface area contributed by atoms with Gasteiger partial charge in [-0.3, -0.25) is 4.98 Å². The van der Waals surface area contributed by atoms with Crippen molar-refractivity contribution in [3.8, 4) is 0 Å². The molecule has 0 aromatic carbocycles. The number of nitrogens with one attached hydrogen (secondary N) is 1. The quantitative estimate of drug-likeness (QED) is 0.748. The molecule has 3 aromatic rings. The average Bonchev–Trinajstić information content (AvgIpc) is 2.99. The SMILES string of the molecule is CC.NCCc1nc2c(NCc3ncccc3F)nccc2s1. The number of aromatic nitrogens is 3. The predicted molar refractivity (Wildman–Crippen MR) is 93.0 cm³/mol. The topological polar surface area (TPSA) is 76.7 Å². The zero-order valence-corrected chi connectivity index (χ0v) is 14.0. The Hall–Kier alpha value is -2.12. The Kier molecular flexibility index (Phi) is 6.37. The summed E-state index contributed by atoms with van der Waals surface area (Å²) in [6.45, 7) is 4.83. The second kappa shape index (κ2) is 8.50. The highest BCUT2D eigenvalue weighted by Crippen LogP contribution is 2.26. The van der Waals surface area contributed by atoms with Gasteiger partial charge in [-0.05, 0) is 24.7 Å². The zero-order chi connectivity index (χ0) is 16.7. The number of fused-ring (bicyclic) bond motifs is 1. The van der Waals surface area contributed by atoms with Gasteiger partial charge in [0.15, 0.2) is 5.82 Å². The first kappa shape index (κ1) is 17.2. The van der Waals surface area contributed by atoms with Crippen LogP contribution in [0, 0.1) is 5.82 Å². The average molecular weight is 333 g/mol. The molecule has 3 aromatic heterocycles. The Bertz CT molecular complexity index is 759. The molecule has 0 spiro atoms. The molecule has 0 saturated heterocycles. The normalized spacial score (nSPS) is 10.3. The predicted octanol–water partition coefficient (Wildman–Crippen LogP) is 3.36. The molecule has 0 aliphatic rings. The van der Waals surface area contributed by atoms with Crippen LogP contribution < -0.4 is 11.1 Å². The molecule has 7 heteroatoms. The maximum absolute atomic E-state index is 13.6. The maximum Gasteiger partial charge on any atom is 0.153 e. The van der Waals surface area contributed by atoms with Crippen LogP contribution in [0.5, 0.6) is 0 Å². The first-order valence-corrected chi connectivity index (χ1v) is 8.37. The lowest BCUT2D eigenvalue weighted by Crippen LogP contribution is -2.06. The molecule has 3 N–H and O–H groups in total. The highest BCUT2D eigenvalue weighted by Gasteiger charge is 2.10. The Morgan fingerprint density at radius 1 is 1.22 bits per heavy atom. The molecule has 0 bridgehead atoms. The molecular formula is C16H20FN5S. The van der Waals surface area contributed by atoms with E-state index >= 15 is 0 Å². The van der Waals surface area contributed by atoms with Crippen LogP contribution in [0.25, 0.3) is 10.2 Å². The van der Waals surface area contributed by atoms with E-state index in [0.29, 0.717) is 18.1 Å². The van der Waals surface area contributed by atoms with Crippen LogP contribution in [-0.4, -0.2) is 21.5 Å². The van der Waals surface area contributed by atoms with Gasteiger partial charge in [-0.15, -0.1) is 11.3 Å². The fourth-order valence-electron chi connectivity index (χ4n) is 1.98. The highest BCUT2D eigenvalue weighted by atomic mass is 32.1. The summed E-state index contributed by atoms with van der Waals surface area (Å²) in [6, 6.07) is 4.87. The van der Waals surface area contributed by atoms with Gasteiger partial charge < -0.3 is 11.1 Å². The lowest BCUT2D eigenvalue weighted by Gasteiger charge is -2.06. The van der Waals surface area contributed by atoms with E-state index in [1.807, 2.05) is 19.9 Å². The summed E-state index contributed by atoms with van der Waals surface area (Å²) >= 11 is 1.60. The lowest BCUT2D eigenvalue weighted by atomic mass is 10.3. The van der Waals surface area contributed by atoms with Crippen LogP contribution in [0.2, 0.25) is 0 Å². The van der Waals surface area contributed by atoms with Crippen molar-refractivity contribution in [2.24, 2.45) is 5.73 Å². The number of nitrogens with zero attached hydrogens (tertiary/aromatic N) is 3. The molecule has 0 unspecified atom stereocenters. The summed E-state index contributed by atoms with van der Waals surface area (Å²) in [6.07, 6.45) is 4.02.